The molecule has 51 heavy (non-hydrogen) atoms. The molecule has 4 rings (SSSR count). The van der Waals surface area contributed by atoms with Crippen molar-refractivity contribution in [1.82, 2.24) is 19.6 Å². The van der Waals surface area contributed by atoms with Gasteiger partial charge in [-0.05, 0) is 54.6 Å². The number of nitrogens with one attached hydrogen (secondary N) is 2. The van der Waals surface area contributed by atoms with Crippen molar-refractivity contribution in [2.45, 2.75) is 33.4 Å². The van der Waals surface area contributed by atoms with E-state index in [-0.39, 0.29) is 33.1 Å². The highest BCUT2D eigenvalue weighted by Gasteiger charge is 2.25. The van der Waals surface area contributed by atoms with Crippen LogP contribution in [0.1, 0.15) is 46.0 Å². The van der Waals surface area contributed by atoms with Crippen LogP contribution in [0.25, 0.3) is 23.5 Å². The molecule has 24 heteroatoms. The van der Waals surface area contributed by atoms with E-state index < -0.39 is 58.4 Å². The van der Waals surface area contributed by atoms with Gasteiger partial charge in [0, 0.05) is 18.7 Å². The Kier molecular flexibility index (Phi) is 12.4. The number of benzene rings is 2. The summed E-state index contributed by atoms with van der Waals surface area (Å²) < 4.78 is 76.8. The third-order valence-corrected chi connectivity index (χ3v) is 9.45. The topological polar surface area (TPSA) is 296 Å². The Labute approximate surface area is 293 Å². The van der Waals surface area contributed by atoms with Gasteiger partial charge in [-0.2, -0.15) is 16.8 Å². The molecule has 0 bridgehead atoms. The maximum Gasteiger partial charge on any atom is 0.296 e. The predicted octanol–water partition coefficient (Wildman–Crippen LogP) is 3.28. The number of H-pyrrole nitrogens is 2. The second-order valence-electron chi connectivity index (χ2n) is 9.69. The summed E-state index contributed by atoms with van der Waals surface area (Å²) in [6.45, 7) is 2.24. The van der Waals surface area contributed by atoms with E-state index in [1.54, 1.807) is 0 Å². The van der Waals surface area contributed by atoms with Crippen LogP contribution in [-0.2, 0) is 39.0 Å². The standard InChI is InChI=1S/C27H22N4O16S4/c1-14(32)24-18(26(34)30(28-24)20-12-16(48-46-44-36)8-10-22(20)49-47-45-37)6-4-3-5-7-19-25(15(2)33)29-31(27(19)35)21-13-17(50(38,39)40)9-11-23(21)51(41,42)43/h3,5-13,28-29,36-37H,1-2H3,(H,38,39,40)(H,41,42,43). The molecule has 4 aromatic rings. The van der Waals surface area contributed by atoms with Crippen LogP contribution in [0.3, 0.4) is 0 Å². The van der Waals surface area contributed by atoms with Gasteiger partial charge in [0.2, 0.25) is 0 Å². The molecule has 0 unspecified atom stereocenters. The number of aromatic nitrogens is 4. The van der Waals surface area contributed by atoms with Gasteiger partial charge < -0.3 is 0 Å². The maximum atomic E-state index is 13.5. The molecule has 20 nitrogen and oxygen atoms in total. The summed E-state index contributed by atoms with van der Waals surface area (Å²) in [5.74, 6) is -1.28. The molecule has 6 N–H and O–H groups in total. The molecule has 0 amide bonds. The van der Waals surface area contributed by atoms with Gasteiger partial charge in [0.05, 0.1) is 56.4 Å². The Bertz CT molecular complexity index is 2450. The van der Waals surface area contributed by atoms with Gasteiger partial charge in [-0.3, -0.25) is 38.5 Å². The van der Waals surface area contributed by atoms with Gasteiger partial charge in [0.25, 0.3) is 31.4 Å². The van der Waals surface area contributed by atoms with Crippen molar-refractivity contribution in [3.05, 3.63) is 97.5 Å². The van der Waals surface area contributed by atoms with E-state index in [0.29, 0.717) is 51.9 Å². The minimum absolute atomic E-state index is 0.0689. The molecule has 0 saturated heterocycles. The Morgan fingerprint density at radius 1 is 0.804 bits per heavy atom. The quantitative estimate of drug-likeness (QED) is 0.0192. The molecule has 0 fully saturated rings. The first-order valence-corrected chi connectivity index (χ1v) is 17.7. The third kappa shape index (κ3) is 8.99. The first-order valence-electron chi connectivity index (χ1n) is 13.3. The van der Waals surface area contributed by atoms with Gasteiger partial charge in [-0.25, -0.2) is 19.9 Å². The van der Waals surface area contributed by atoms with E-state index in [9.17, 15) is 45.1 Å². The zero-order valence-electron chi connectivity index (χ0n) is 25.5. The molecule has 270 valence electrons. The average molecular weight is 787 g/mol. The molecule has 0 aliphatic rings. The minimum atomic E-state index is -5.05. The summed E-state index contributed by atoms with van der Waals surface area (Å²) in [5.41, 5.74) is -0.919. The van der Waals surface area contributed by atoms with Crippen molar-refractivity contribution in [1.29, 1.82) is 0 Å². The first kappa shape index (κ1) is 39.1. The number of rotatable bonds is 15. The van der Waals surface area contributed by atoms with Crippen molar-refractivity contribution in [2.75, 3.05) is 0 Å². The maximum absolute atomic E-state index is 13.5. The highest BCUT2D eigenvalue weighted by molar-refractivity contribution is 7.95. The van der Waals surface area contributed by atoms with Gasteiger partial charge in [0.15, 0.2) is 11.6 Å². The van der Waals surface area contributed by atoms with Crippen molar-refractivity contribution >= 4 is 68.0 Å². The first-order chi connectivity index (χ1) is 24.0. The van der Waals surface area contributed by atoms with Crippen molar-refractivity contribution in [3.8, 4) is 11.4 Å². The van der Waals surface area contributed by atoms with Crippen LogP contribution >= 0.6 is 24.1 Å². The van der Waals surface area contributed by atoms with Crippen molar-refractivity contribution in [2.24, 2.45) is 0 Å². The molecular formula is C27H22N4O16S4. The molecule has 0 spiro atoms. The van der Waals surface area contributed by atoms with Crippen molar-refractivity contribution in [3.63, 3.8) is 0 Å². The largest absolute Gasteiger partial charge is 0.296 e. The van der Waals surface area contributed by atoms with Crippen LogP contribution in [0.5, 0.6) is 0 Å². The molecule has 0 aliphatic carbocycles. The normalized spacial score (nSPS) is 11.9. The van der Waals surface area contributed by atoms with Gasteiger partial charge in [-0.1, -0.05) is 16.2 Å². The highest BCUT2D eigenvalue weighted by atomic mass is 32.2. The van der Waals surface area contributed by atoms with Gasteiger partial charge >= 0.3 is 0 Å². The van der Waals surface area contributed by atoms with Crippen molar-refractivity contribution < 1.29 is 64.8 Å². The lowest BCUT2D eigenvalue weighted by Gasteiger charge is -2.09. The highest BCUT2D eigenvalue weighted by Crippen LogP contribution is 2.31. The molecule has 2 aromatic carbocycles. The number of Topliss-reactive ketones (excluding diaryl/α,β-unsaturated/α-hetero) is 2. The van der Waals surface area contributed by atoms with Gasteiger partial charge in [-0.15, -0.1) is 14.4 Å². The van der Waals surface area contributed by atoms with Crippen LogP contribution in [-0.4, -0.2) is 67.6 Å². The van der Waals surface area contributed by atoms with Crippen LogP contribution in [0.4, 0.5) is 0 Å². The zero-order chi connectivity index (χ0) is 37.7. The molecule has 0 aliphatic heterocycles. The fourth-order valence-corrected chi connectivity index (χ4v) is 6.36. The monoisotopic (exact) mass is 786 g/mol. The van der Waals surface area contributed by atoms with Crippen LogP contribution in [0.2, 0.25) is 0 Å². The number of hydrogen-bond donors (Lipinski definition) is 6. The smallest absolute Gasteiger partial charge is 0.293 e. The Morgan fingerprint density at radius 3 is 1.98 bits per heavy atom. The zero-order valence-corrected chi connectivity index (χ0v) is 28.8. The SMILES string of the molecule is CC(=O)c1[nH]n(-c2cc(SOOO)ccc2SOOO)c(=O)c1C=C=CC=Cc1c(C(C)=O)[nH]n(-c2cc(S(=O)(=O)O)ccc2S(=O)(=O)O)c1=O. The molecule has 0 atom stereocenters. The lowest BCUT2D eigenvalue weighted by Crippen LogP contribution is -2.19. The Hall–Kier alpha value is -4.66. The Morgan fingerprint density at radius 2 is 1.39 bits per heavy atom. The summed E-state index contributed by atoms with van der Waals surface area (Å²) in [7, 11) is -9.95. The summed E-state index contributed by atoms with van der Waals surface area (Å²) in [6.07, 6.45) is 4.60. The van der Waals surface area contributed by atoms with Crippen LogP contribution in [0.15, 0.2) is 83.5 Å². The second kappa shape index (κ2) is 16.1. The second-order valence-corrected chi connectivity index (χ2v) is 14.0. The van der Waals surface area contributed by atoms with E-state index in [4.69, 9.17) is 10.5 Å². The minimum Gasteiger partial charge on any atom is -0.293 e. The van der Waals surface area contributed by atoms with Crippen LogP contribution < -0.4 is 11.1 Å². The summed E-state index contributed by atoms with van der Waals surface area (Å²) >= 11 is 1.05. The van der Waals surface area contributed by atoms with E-state index in [1.807, 2.05) is 0 Å². The number of ketones is 2. The lowest BCUT2D eigenvalue weighted by molar-refractivity contribution is -0.432. The van der Waals surface area contributed by atoms with E-state index in [0.717, 1.165) is 23.8 Å². The predicted molar refractivity (Wildman–Crippen MR) is 175 cm³/mol. The average Bonchev–Trinajstić information content (AvgIpc) is 3.57. The number of carbonyl (C=O) groups excluding carboxylic acids is 2. The van der Waals surface area contributed by atoms with Gasteiger partial charge in [0.1, 0.15) is 16.3 Å². The fourth-order valence-electron chi connectivity index (χ4n) is 4.35. The molecule has 0 saturated carbocycles. The van der Waals surface area contributed by atoms with Crippen LogP contribution in [0, 0.1) is 0 Å². The Balaban J connectivity index is 1.79. The molecule has 2 aromatic heterocycles. The molecular weight excluding hydrogens is 765 g/mol. The third-order valence-electron chi connectivity index (χ3n) is 6.47. The summed E-state index contributed by atoms with van der Waals surface area (Å²) in [6, 6.07) is 6.15. The summed E-state index contributed by atoms with van der Waals surface area (Å²) in [5, 5.41) is 29.3. The van der Waals surface area contributed by atoms with E-state index in [1.165, 1.54) is 37.3 Å². The molecule has 0 radical (unpaired) electrons. The van der Waals surface area contributed by atoms with E-state index >= 15 is 0 Å². The summed E-state index contributed by atoms with van der Waals surface area (Å²) in [4.78, 5) is 50.4. The fraction of sp³-hybridized carbons (Fsp3) is 0.0741. The number of nitrogens with zero attached hydrogens (tertiary/aromatic N) is 2. The number of hydrogen-bond acceptors (Lipinski definition) is 16. The number of carbonyl (C=O) groups is 2. The number of allylic oxidation sites excluding steroid dienone is 2. The number of aromatic amines is 2. The molecule has 2 heterocycles. The van der Waals surface area contributed by atoms with E-state index in [2.05, 4.69) is 34.7 Å². The lowest BCUT2D eigenvalue weighted by atomic mass is 10.1.